The minimum absolute atomic E-state index is 0.0267. The molecule has 0 amide bonds. The number of benzene rings is 2. The summed E-state index contributed by atoms with van der Waals surface area (Å²) < 4.78 is 39.0. The number of aromatic nitrogens is 4. The van der Waals surface area contributed by atoms with Gasteiger partial charge in [0.25, 0.3) is 5.56 Å². The SMILES string of the molecule is [2H]C([2H])(Oc1nc(C(C)CCCCCC)c2cnn(-c3cc(O)cc4ccc(F)c(C#C)c34)c(=O)c2n1)[C@@H]1CCCN1C. The van der Waals surface area contributed by atoms with Crippen molar-refractivity contribution in [2.75, 3.05) is 20.2 Å². The predicted octanol–water partition coefficient (Wildman–Crippen LogP) is 5.70. The van der Waals surface area contributed by atoms with E-state index >= 15 is 0 Å². The molecular weight excluding hydrogens is 521 g/mol. The van der Waals surface area contributed by atoms with Gasteiger partial charge in [-0.05, 0) is 56.3 Å². The molecule has 1 aliphatic rings. The molecule has 1 unspecified atom stereocenters. The number of hydrogen-bond acceptors (Lipinski definition) is 7. The summed E-state index contributed by atoms with van der Waals surface area (Å²) in [5.74, 6) is 1.45. The molecule has 3 heterocycles. The highest BCUT2D eigenvalue weighted by molar-refractivity contribution is 5.96. The smallest absolute Gasteiger partial charge is 0.317 e. The van der Waals surface area contributed by atoms with Gasteiger partial charge in [-0.3, -0.25) is 4.79 Å². The van der Waals surface area contributed by atoms with E-state index in [1.165, 1.54) is 30.5 Å². The zero-order chi connectivity index (χ0) is 30.9. The van der Waals surface area contributed by atoms with Crippen molar-refractivity contribution < 1.29 is 17.0 Å². The summed E-state index contributed by atoms with van der Waals surface area (Å²) in [6, 6.07) is 4.67. The van der Waals surface area contributed by atoms with Crippen LogP contribution in [-0.4, -0.2) is 55.9 Å². The standard InChI is InChI=1S/C32H36FN5O3/c1-5-7-8-9-11-20(3)29-25-18-34-38(27-17-23(39)16-21-13-14-26(33)24(6-2)28(21)27)31(40)30(25)36-32(35-29)41-19-22-12-10-15-37(22)4/h2,13-14,16-18,20,22,39H,5,7-12,15,19H2,1,3-4H3/t20?,22-/m0/s1/i19D2. The van der Waals surface area contributed by atoms with Gasteiger partial charge in [-0.1, -0.05) is 51.5 Å². The zero-order valence-electron chi connectivity index (χ0n) is 25.7. The van der Waals surface area contributed by atoms with Crippen molar-refractivity contribution in [2.24, 2.45) is 0 Å². The predicted molar refractivity (Wildman–Crippen MR) is 158 cm³/mol. The number of fused-ring (bicyclic) bond motifs is 2. The van der Waals surface area contributed by atoms with Crippen LogP contribution in [0.2, 0.25) is 0 Å². The molecule has 4 aromatic rings. The number of aromatic hydroxyl groups is 1. The van der Waals surface area contributed by atoms with Gasteiger partial charge in [-0.2, -0.15) is 19.7 Å². The summed E-state index contributed by atoms with van der Waals surface area (Å²) >= 11 is 0. The fourth-order valence-corrected chi connectivity index (χ4v) is 5.52. The van der Waals surface area contributed by atoms with Gasteiger partial charge in [0.2, 0.25) is 0 Å². The zero-order valence-corrected chi connectivity index (χ0v) is 23.7. The first-order valence-corrected chi connectivity index (χ1v) is 14.2. The van der Waals surface area contributed by atoms with E-state index in [2.05, 4.69) is 27.9 Å². The summed E-state index contributed by atoms with van der Waals surface area (Å²) in [7, 11) is 1.85. The number of phenolic OH excluding ortho intramolecular Hbond substituents is 1. The van der Waals surface area contributed by atoms with Crippen LogP contribution in [0, 0.1) is 18.2 Å². The fraction of sp³-hybridized carbons (Fsp3) is 0.438. The van der Waals surface area contributed by atoms with Crippen LogP contribution in [0.1, 0.15) is 78.7 Å². The summed E-state index contributed by atoms with van der Waals surface area (Å²) in [5, 5.41) is 16.0. The summed E-state index contributed by atoms with van der Waals surface area (Å²) in [6.45, 7) is 2.80. The monoisotopic (exact) mass is 559 g/mol. The van der Waals surface area contributed by atoms with Gasteiger partial charge in [0.1, 0.15) is 23.6 Å². The van der Waals surface area contributed by atoms with E-state index in [9.17, 15) is 14.3 Å². The van der Waals surface area contributed by atoms with E-state index in [0.717, 1.165) is 49.8 Å². The van der Waals surface area contributed by atoms with Crippen molar-refractivity contribution >= 4 is 21.7 Å². The fourth-order valence-electron chi connectivity index (χ4n) is 5.52. The molecule has 1 aliphatic heterocycles. The van der Waals surface area contributed by atoms with Crippen molar-refractivity contribution in [1.29, 1.82) is 0 Å². The Morgan fingerprint density at radius 3 is 2.85 bits per heavy atom. The molecule has 214 valence electrons. The first-order chi connectivity index (χ1) is 20.6. The van der Waals surface area contributed by atoms with E-state index in [1.807, 2.05) is 18.9 Å². The number of halogens is 1. The summed E-state index contributed by atoms with van der Waals surface area (Å²) in [6.07, 6.45) is 13.6. The Labute approximate surface area is 242 Å². The molecule has 1 N–H and O–H groups in total. The van der Waals surface area contributed by atoms with E-state index < -0.39 is 24.0 Å². The molecule has 41 heavy (non-hydrogen) atoms. The van der Waals surface area contributed by atoms with E-state index in [-0.39, 0.29) is 39.8 Å². The number of phenols is 1. The number of terminal acetylenes is 1. The first kappa shape index (κ1) is 25.9. The Balaban J connectivity index is 1.69. The lowest BCUT2D eigenvalue weighted by Crippen LogP contribution is -2.31. The van der Waals surface area contributed by atoms with E-state index in [1.54, 1.807) is 0 Å². The molecule has 0 spiro atoms. The summed E-state index contributed by atoms with van der Waals surface area (Å²) in [5.41, 5.74) is -0.126. The average Bonchev–Trinajstić information content (AvgIpc) is 3.42. The number of ether oxygens (including phenoxy) is 1. The number of likely N-dealkylation sites (tertiary alicyclic amines) is 1. The van der Waals surface area contributed by atoms with Crippen LogP contribution in [0.15, 0.2) is 35.3 Å². The normalized spacial score (nSPS) is 17.4. The van der Waals surface area contributed by atoms with Crippen LogP contribution < -0.4 is 10.3 Å². The number of unbranched alkanes of at least 4 members (excludes halogenated alkanes) is 3. The van der Waals surface area contributed by atoms with E-state index in [4.69, 9.17) is 13.9 Å². The topological polar surface area (TPSA) is 93.4 Å². The third-order valence-corrected chi connectivity index (χ3v) is 7.82. The molecule has 1 fully saturated rings. The van der Waals surface area contributed by atoms with Gasteiger partial charge < -0.3 is 14.7 Å². The molecule has 5 rings (SSSR count). The second kappa shape index (κ2) is 12.2. The van der Waals surface area contributed by atoms with Crippen molar-refractivity contribution in [1.82, 2.24) is 24.6 Å². The first-order valence-electron chi connectivity index (χ1n) is 15.2. The van der Waals surface area contributed by atoms with Gasteiger partial charge in [0.15, 0.2) is 0 Å². The lowest BCUT2D eigenvalue weighted by molar-refractivity contribution is 0.187. The van der Waals surface area contributed by atoms with Crippen LogP contribution in [0.3, 0.4) is 0 Å². The maximum Gasteiger partial charge on any atom is 0.317 e. The van der Waals surface area contributed by atoms with Crippen LogP contribution in [0.4, 0.5) is 4.39 Å². The maximum absolute atomic E-state index is 14.7. The van der Waals surface area contributed by atoms with E-state index in [0.29, 0.717) is 22.9 Å². The van der Waals surface area contributed by atoms with Crippen molar-refractivity contribution in [3.05, 3.63) is 57.9 Å². The minimum Gasteiger partial charge on any atom is -0.508 e. The van der Waals surface area contributed by atoms with Gasteiger partial charge in [0, 0.05) is 22.9 Å². The largest absolute Gasteiger partial charge is 0.508 e. The van der Waals surface area contributed by atoms with Crippen LogP contribution in [0.5, 0.6) is 11.8 Å². The summed E-state index contributed by atoms with van der Waals surface area (Å²) in [4.78, 5) is 25.0. The van der Waals surface area contributed by atoms with Gasteiger partial charge in [0.05, 0.1) is 25.9 Å². The molecule has 0 bridgehead atoms. The molecule has 0 radical (unpaired) electrons. The Morgan fingerprint density at radius 1 is 1.29 bits per heavy atom. The van der Waals surface area contributed by atoms with Crippen molar-refractivity contribution in [3.63, 3.8) is 0 Å². The molecule has 1 saturated heterocycles. The highest BCUT2D eigenvalue weighted by Crippen LogP contribution is 2.32. The Morgan fingerprint density at radius 2 is 2.12 bits per heavy atom. The average molecular weight is 560 g/mol. The Bertz CT molecular complexity index is 1770. The second-order valence-corrected chi connectivity index (χ2v) is 10.8. The molecular formula is C32H36FN5O3. The third-order valence-electron chi connectivity index (χ3n) is 7.82. The molecule has 2 aromatic carbocycles. The molecule has 2 atom stereocenters. The quantitative estimate of drug-likeness (QED) is 0.197. The van der Waals surface area contributed by atoms with Crippen molar-refractivity contribution in [3.8, 4) is 29.8 Å². The van der Waals surface area contributed by atoms with Gasteiger partial charge >= 0.3 is 6.01 Å². The van der Waals surface area contributed by atoms with Crippen LogP contribution >= 0.6 is 0 Å². The lowest BCUT2D eigenvalue weighted by Gasteiger charge is -2.20. The molecule has 0 aliphatic carbocycles. The third kappa shape index (κ3) is 5.75. The highest BCUT2D eigenvalue weighted by Gasteiger charge is 2.24. The lowest BCUT2D eigenvalue weighted by atomic mass is 9.97. The molecule has 9 heteroatoms. The second-order valence-electron chi connectivity index (χ2n) is 10.8. The molecule has 8 nitrogen and oxygen atoms in total. The number of nitrogens with zero attached hydrogens (tertiary/aromatic N) is 5. The van der Waals surface area contributed by atoms with Gasteiger partial charge in [-0.25, -0.2) is 4.39 Å². The molecule has 0 saturated carbocycles. The number of likely N-dealkylation sites (N-methyl/N-ethyl adjacent to an activating group) is 1. The Hall–Kier alpha value is -4.03. The van der Waals surface area contributed by atoms with Crippen LogP contribution in [0.25, 0.3) is 27.4 Å². The van der Waals surface area contributed by atoms with Gasteiger partial charge in [-0.15, -0.1) is 6.42 Å². The number of rotatable bonds is 10. The number of hydrogen-bond donors (Lipinski definition) is 1. The van der Waals surface area contributed by atoms with Crippen LogP contribution in [-0.2, 0) is 0 Å². The Kier molecular flexibility index (Phi) is 7.73. The maximum atomic E-state index is 14.7. The van der Waals surface area contributed by atoms with Crippen molar-refractivity contribution in [2.45, 2.75) is 70.8 Å². The minimum atomic E-state index is -2.10. The molecule has 2 aromatic heterocycles. The highest BCUT2D eigenvalue weighted by atomic mass is 19.1.